The van der Waals surface area contributed by atoms with Crippen molar-refractivity contribution in [2.45, 2.75) is 63.1 Å². The van der Waals surface area contributed by atoms with Crippen LogP contribution in [0.4, 0.5) is 0 Å². The summed E-state index contributed by atoms with van der Waals surface area (Å²) in [6, 6.07) is 0. The molecule has 19 heavy (non-hydrogen) atoms. The molecule has 0 amide bonds. The quantitative estimate of drug-likeness (QED) is 0.487. The van der Waals surface area contributed by atoms with Crippen molar-refractivity contribution in [3.8, 4) is 0 Å². The molecule has 2 aliphatic rings. The first-order chi connectivity index (χ1) is 7.60. The zero-order valence-corrected chi connectivity index (χ0v) is 16.6. The summed E-state index contributed by atoms with van der Waals surface area (Å²) in [6.07, 6.45) is 7.36. The topological polar surface area (TPSA) is 3.24 Å². The zero-order chi connectivity index (χ0) is 15.2. The molecule has 0 saturated carbocycles. The van der Waals surface area contributed by atoms with E-state index in [1.165, 1.54) is 5.70 Å². The predicted molar refractivity (Wildman–Crippen MR) is 88.2 cm³/mol. The molecule has 2 rings (SSSR count). The van der Waals surface area contributed by atoms with Gasteiger partial charge < -0.3 is 0 Å². The Kier molecular flexibility index (Phi) is 1.62. The second-order valence-electron chi connectivity index (χ2n) is 13.9. The van der Waals surface area contributed by atoms with Crippen molar-refractivity contribution in [1.82, 2.24) is 3.38 Å². The third-order valence-electron chi connectivity index (χ3n) is 5.94. The van der Waals surface area contributed by atoms with E-state index in [1.54, 1.807) is 0 Å². The maximum absolute atomic E-state index is 7.73. The fourth-order valence-corrected chi connectivity index (χ4v) is 31.7. The van der Waals surface area contributed by atoms with E-state index in [4.69, 9.17) is 18.6 Å². The number of nitrogens with zero attached hydrogens (tertiary/aromatic N) is 1. The molecule has 0 aromatic heterocycles. The van der Waals surface area contributed by atoms with Gasteiger partial charge in [0.2, 0.25) is 0 Å². The molecule has 0 N–H and O–H groups in total. The van der Waals surface area contributed by atoms with Crippen LogP contribution in [0.15, 0.2) is 23.9 Å². The molecule has 0 atom stereocenters. The van der Waals surface area contributed by atoms with Gasteiger partial charge in [-0.25, -0.2) is 0 Å². The van der Waals surface area contributed by atoms with Crippen LogP contribution < -0.4 is 0 Å². The Labute approximate surface area is 117 Å². The summed E-state index contributed by atoms with van der Waals surface area (Å²) in [4.78, 5) is 0. The summed E-state index contributed by atoms with van der Waals surface area (Å²) in [5, 5.41) is 8.70. The Morgan fingerprint density at radius 3 is 1.79 bits per heavy atom. The minimum absolute atomic E-state index is 0.131. The van der Waals surface area contributed by atoms with Gasteiger partial charge in [-0.1, -0.05) is 0 Å². The zero-order valence-electron chi connectivity index (χ0n) is 13.6. The fourth-order valence-electron chi connectivity index (χ4n) is 4.86. The first kappa shape index (κ1) is 16.0. The predicted octanol–water partition coefficient (Wildman–Crippen LogP) is 7.03. The molecule has 0 aromatic rings. The van der Waals surface area contributed by atoms with Crippen molar-refractivity contribution in [1.29, 1.82) is 0 Å². The molecular formula is C15H30Cl2NTi. The molecule has 0 unspecified atom stereocenters. The van der Waals surface area contributed by atoms with Crippen LogP contribution in [0, 0.1) is 0 Å². The van der Waals surface area contributed by atoms with Gasteiger partial charge in [0, 0.05) is 0 Å². The minimum atomic E-state index is -5.52. The monoisotopic (exact) mass is 342 g/mol. The Hall–Kier alpha value is 0.574. The van der Waals surface area contributed by atoms with Gasteiger partial charge in [0.15, 0.2) is 0 Å². The third kappa shape index (κ3) is 2.16. The van der Waals surface area contributed by atoms with Crippen LogP contribution in [0.2, 0.25) is 30.4 Å². The Balaban J connectivity index is 2.90. The third-order valence-corrected chi connectivity index (χ3v) is 25.2. The normalized spacial score (nSPS) is 47.2. The van der Waals surface area contributed by atoms with Crippen LogP contribution in [0.3, 0.4) is 0 Å². The second kappa shape index (κ2) is 1.93. The van der Waals surface area contributed by atoms with Gasteiger partial charge >= 0.3 is 117 Å². The number of allylic oxidation sites excluding steroid dienone is 3. The van der Waals surface area contributed by atoms with E-state index in [0.29, 0.717) is 0 Å². The molecule has 0 bridgehead atoms. The summed E-state index contributed by atoms with van der Waals surface area (Å²) < 4.78 is 4.13. The molecular weight excluding hydrogens is 313 g/mol. The van der Waals surface area contributed by atoms with E-state index in [2.05, 4.69) is 63.3 Å². The van der Waals surface area contributed by atoms with Crippen molar-refractivity contribution in [3.63, 3.8) is 0 Å². The summed E-state index contributed by atoms with van der Waals surface area (Å²) in [6.45, 7) is 6.63. The van der Waals surface area contributed by atoms with Gasteiger partial charge in [-0.05, 0) is 0 Å². The first-order valence-corrected chi connectivity index (χ1v) is 20.9. The van der Waals surface area contributed by atoms with E-state index in [-0.39, 0.29) is 5.54 Å². The Bertz CT molecular complexity index is 603. The van der Waals surface area contributed by atoms with Gasteiger partial charge in [-0.2, -0.15) is 0 Å². The van der Waals surface area contributed by atoms with Gasteiger partial charge in [-0.15, -0.1) is 0 Å². The van der Waals surface area contributed by atoms with Crippen LogP contribution in [0.25, 0.3) is 0 Å². The van der Waals surface area contributed by atoms with E-state index >= 15 is 0 Å². The average Bonchev–Trinajstić information content (AvgIpc) is 2.47. The summed E-state index contributed by atoms with van der Waals surface area (Å²) in [5.41, 5.74) is 1.11. The van der Waals surface area contributed by atoms with Crippen molar-refractivity contribution < 1.29 is 8.31 Å². The molecule has 1 heterocycles. The summed E-state index contributed by atoms with van der Waals surface area (Å²) in [7, 11) is 9.93. The molecule has 113 valence electrons. The molecule has 0 spiro atoms. The Morgan fingerprint density at radius 2 is 1.53 bits per heavy atom. The van der Waals surface area contributed by atoms with Crippen LogP contribution in [0.1, 0.15) is 27.2 Å². The van der Waals surface area contributed by atoms with Crippen LogP contribution in [-0.2, 0) is 8.31 Å². The van der Waals surface area contributed by atoms with Crippen molar-refractivity contribution in [2.75, 3.05) is 0 Å². The van der Waals surface area contributed by atoms with Crippen molar-refractivity contribution in [3.05, 3.63) is 23.9 Å². The van der Waals surface area contributed by atoms with Gasteiger partial charge in [-0.3, -0.25) is 0 Å². The van der Waals surface area contributed by atoms with E-state index in [1.807, 2.05) is 0 Å². The van der Waals surface area contributed by atoms with Gasteiger partial charge in [0.1, 0.15) is 0 Å². The first-order valence-electron chi connectivity index (χ1n) is 7.47. The molecule has 1 fully saturated rings. The van der Waals surface area contributed by atoms with Crippen molar-refractivity contribution >= 4 is 18.6 Å². The summed E-state index contributed by atoms with van der Waals surface area (Å²) >= 11 is 0. The number of halogens is 2. The SMILES string of the molecule is CC(C)(C)[N](C1=CC=CC1)[Ti]1([CH3])([CH3])([CH3])([CH3])([Cl])([Cl])[CH2][CH2]1. The van der Waals surface area contributed by atoms with E-state index in [9.17, 15) is 0 Å². The van der Waals surface area contributed by atoms with Gasteiger partial charge in [0.25, 0.3) is 0 Å². The standard InChI is InChI=1S/C9H14N.C2H4.4CH3.2ClH.Ti/c1-9(2,3)10-8-6-4-5-7-8;1-2;;;;;;;/h4-6H,7H2,1-3H3;1-2H2;4*1H3;2*1H;/q-1;;;;;;;;+3/p-2. The van der Waals surface area contributed by atoms with Gasteiger partial charge in [0.05, 0.1) is 0 Å². The van der Waals surface area contributed by atoms with Crippen LogP contribution in [-0.4, -0.2) is 8.92 Å². The second-order valence-corrected chi connectivity index (χ2v) is 66.7. The molecule has 1 aliphatic heterocycles. The van der Waals surface area contributed by atoms with Crippen LogP contribution in [0.5, 0.6) is 0 Å². The summed E-state index contributed by atoms with van der Waals surface area (Å²) in [5.74, 6) is 0. The molecule has 0 radical (unpaired) electrons. The molecule has 4 heteroatoms. The Morgan fingerprint density at radius 1 is 1.05 bits per heavy atom. The molecule has 1 nitrogen and oxygen atoms in total. The molecule has 1 aliphatic carbocycles. The molecule has 0 aromatic carbocycles. The van der Waals surface area contributed by atoms with E-state index in [0.717, 1.165) is 15.9 Å². The van der Waals surface area contributed by atoms with E-state index < -0.39 is 8.31 Å². The molecule has 1 saturated heterocycles. The number of hydrogen-bond acceptors (Lipinski definition) is 1. The van der Waals surface area contributed by atoms with Crippen molar-refractivity contribution in [2.24, 2.45) is 0 Å². The maximum atomic E-state index is 7.73. The number of hydrogen-bond donors (Lipinski definition) is 0. The fraction of sp³-hybridized carbons (Fsp3) is 0.733. The number of rotatable bonds is 2. The average molecular weight is 343 g/mol. The van der Waals surface area contributed by atoms with Crippen LogP contribution >= 0.6 is 18.6 Å².